The van der Waals surface area contributed by atoms with Gasteiger partial charge in [-0.05, 0) is 36.6 Å². The van der Waals surface area contributed by atoms with E-state index in [4.69, 9.17) is 11.6 Å². The minimum atomic E-state index is 0.145. The maximum Gasteiger partial charge on any atom is 0.0449 e. The second kappa shape index (κ2) is 7.44. The van der Waals surface area contributed by atoms with Crippen LogP contribution < -0.4 is 5.32 Å². The van der Waals surface area contributed by atoms with Gasteiger partial charge in [0, 0.05) is 23.7 Å². The molecule has 0 spiro atoms. The summed E-state index contributed by atoms with van der Waals surface area (Å²) in [6.07, 6.45) is 0.696. The fourth-order valence-corrected chi connectivity index (χ4v) is 2.44. The van der Waals surface area contributed by atoms with Crippen molar-refractivity contribution in [3.8, 4) is 0 Å². The molecular weight excluding hydrogens is 270 g/mol. The first-order valence-corrected chi connectivity index (χ1v) is 7.26. The van der Waals surface area contributed by atoms with Crippen LogP contribution in [0.25, 0.3) is 0 Å². The molecule has 0 heterocycles. The second-order valence-electron chi connectivity index (χ2n) is 4.92. The van der Waals surface area contributed by atoms with Crippen LogP contribution in [-0.4, -0.2) is 11.7 Å². The van der Waals surface area contributed by atoms with Gasteiger partial charge in [0.05, 0.1) is 0 Å². The molecule has 2 N–H and O–H groups in total. The molecule has 0 aliphatic heterocycles. The molecule has 106 valence electrons. The highest BCUT2D eigenvalue weighted by molar-refractivity contribution is 6.30. The van der Waals surface area contributed by atoms with E-state index in [1.807, 2.05) is 42.5 Å². The summed E-state index contributed by atoms with van der Waals surface area (Å²) < 4.78 is 0. The predicted molar refractivity (Wildman–Crippen MR) is 83.9 cm³/mol. The van der Waals surface area contributed by atoms with Crippen LogP contribution in [0.1, 0.15) is 36.6 Å². The van der Waals surface area contributed by atoms with E-state index in [0.29, 0.717) is 6.42 Å². The van der Waals surface area contributed by atoms with Crippen molar-refractivity contribution < 1.29 is 5.11 Å². The van der Waals surface area contributed by atoms with Crippen LogP contribution in [0.15, 0.2) is 54.6 Å². The molecule has 2 nitrogen and oxygen atoms in total. The number of aliphatic hydroxyl groups is 1. The van der Waals surface area contributed by atoms with Crippen molar-refractivity contribution >= 4 is 11.6 Å². The lowest BCUT2D eigenvalue weighted by atomic mass is 10.0. The van der Waals surface area contributed by atoms with E-state index in [1.54, 1.807) is 0 Å². The van der Waals surface area contributed by atoms with E-state index in [1.165, 1.54) is 11.1 Å². The lowest BCUT2D eigenvalue weighted by molar-refractivity contribution is 0.260. The molecule has 2 atom stereocenters. The fraction of sp³-hybridized carbons (Fsp3) is 0.294. The number of halogens is 1. The average molecular weight is 290 g/mol. The molecule has 0 aliphatic carbocycles. The highest BCUT2D eigenvalue weighted by Gasteiger charge is 2.14. The van der Waals surface area contributed by atoms with Crippen molar-refractivity contribution in [1.82, 2.24) is 5.32 Å². The summed E-state index contributed by atoms with van der Waals surface area (Å²) >= 11 is 5.91. The van der Waals surface area contributed by atoms with Crippen LogP contribution in [0, 0.1) is 0 Å². The molecule has 0 bridgehead atoms. The van der Waals surface area contributed by atoms with Crippen LogP contribution >= 0.6 is 11.6 Å². The lowest BCUT2D eigenvalue weighted by Gasteiger charge is -2.23. The number of hydrogen-bond donors (Lipinski definition) is 2. The molecule has 0 saturated carbocycles. The van der Waals surface area contributed by atoms with Crippen LogP contribution in [-0.2, 0) is 0 Å². The number of hydrogen-bond acceptors (Lipinski definition) is 2. The topological polar surface area (TPSA) is 32.3 Å². The van der Waals surface area contributed by atoms with Gasteiger partial charge in [-0.2, -0.15) is 0 Å². The van der Waals surface area contributed by atoms with Gasteiger partial charge in [0.25, 0.3) is 0 Å². The van der Waals surface area contributed by atoms with Gasteiger partial charge in [-0.25, -0.2) is 0 Å². The molecule has 0 fully saturated rings. The van der Waals surface area contributed by atoms with E-state index in [2.05, 4.69) is 24.4 Å². The summed E-state index contributed by atoms with van der Waals surface area (Å²) in [7, 11) is 0. The van der Waals surface area contributed by atoms with Crippen LogP contribution in [0.4, 0.5) is 0 Å². The minimum Gasteiger partial charge on any atom is -0.396 e. The molecule has 2 rings (SSSR count). The Bertz CT molecular complexity index is 512. The van der Waals surface area contributed by atoms with E-state index >= 15 is 0 Å². The molecule has 2 aromatic rings. The summed E-state index contributed by atoms with van der Waals surface area (Å²) in [5.41, 5.74) is 2.38. The molecule has 2 aromatic carbocycles. The van der Waals surface area contributed by atoms with Crippen molar-refractivity contribution in [1.29, 1.82) is 0 Å². The average Bonchev–Trinajstić information content (AvgIpc) is 2.48. The quantitative estimate of drug-likeness (QED) is 0.838. The zero-order valence-corrected chi connectivity index (χ0v) is 12.3. The van der Waals surface area contributed by atoms with Gasteiger partial charge < -0.3 is 10.4 Å². The Kier molecular flexibility index (Phi) is 5.60. The standard InChI is InChI=1S/C17H20ClNO/c1-13(14-7-9-16(18)10-8-14)19-17(11-12-20)15-5-3-2-4-6-15/h2-10,13,17,19-20H,11-12H2,1H3/t13?,17-/m1/s1. The third-order valence-corrected chi connectivity index (χ3v) is 3.69. The summed E-state index contributed by atoms with van der Waals surface area (Å²) in [5.74, 6) is 0. The van der Waals surface area contributed by atoms with Crippen molar-refractivity contribution in [3.05, 3.63) is 70.7 Å². The van der Waals surface area contributed by atoms with Gasteiger partial charge in [0.1, 0.15) is 0 Å². The molecule has 0 amide bonds. The van der Waals surface area contributed by atoms with Gasteiger partial charge in [0.2, 0.25) is 0 Å². The Morgan fingerprint density at radius 3 is 2.25 bits per heavy atom. The van der Waals surface area contributed by atoms with Crippen molar-refractivity contribution in [2.24, 2.45) is 0 Å². The highest BCUT2D eigenvalue weighted by Crippen LogP contribution is 2.23. The highest BCUT2D eigenvalue weighted by atomic mass is 35.5. The maximum absolute atomic E-state index is 9.26. The van der Waals surface area contributed by atoms with E-state index in [-0.39, 0.29) is 18.7 Å². The molecule has 20 heavy (non-hydrogen) atoms. The van der Waals surface area contributed by atoms with Crippen LogP contribution in [0.3, 0.4) is 0 Å². The Hall–Kier alpha value is -1.35. The molecule has 0 radical (unpaired) electrons. The van der Waals surface area contributed by atoms with Crippen molar-refractivity contribution in [2.75, 3.05) is 6.61 Å². The Labute approximate surface area is 125 Å². The number of benzene rings is 2. The van der Waals surface area contributed by atoms with Crippen LogP contribution in [0.5, 0.6) is 0 Å². The van der Waals surface area contributed by atoms with Gasteiger partial charge in [0.15, 0.2) is 0 Å². The summed E-state index contributed by atoms with van der Waals surface area (Å²) in [6.45, 7) is 2.29. The summed E-state index contributed by atoms with van der Waals surface area (Å²) in [6, 6.07) is 18.4. The third-order valence-electron chi connectivity index (χ3n) is 3.44. The second-order valence-corrected chi connectivity index (χ2v) is 5.35. The molecule has 1 unspecified atom stereocenters. The van der Waals surface area contributed by atoms with E-state index < -0.39 is 0 Å². The molecule has 0 aliphatic rings. The van der Waals surface area contributed by atoms with E-state index in [9.17, 15) is 5.11 Å². The summed E-state index contributed by atoms with van der Waals surface area (Å²) in [4.78, 5) is 0. The van der Waals surface area contributed by atoms with Crippen LogP contribution in [0.2, 0.25) is 5.02 Å². The minimum absolute atomic E-state index is 0.145. The van der Waals surface area contributed by atoms with Gasteiger partial charge in [-0.15, -0.1) is 0 Å². The zero-order valence-electron chi connectivity index (χ0n) is 11.6. The monoisotopic (exact) mass is 289 g/mol. The first-order valence-electron chi connectivity index (χ1n) is 6.88. The smallest absolute Gasteiger partial charge is 0.0449 e. The number of rotatable bonds is 6. The number of aliphatic hydroxyl groups excluding tert-OH is 1. The third kappa shape index (κ3) is 4.07. The van der Waals surface area contributed by atoms with Gasteiger partial charge >= 0.3 is 0 Å². The summed E-state index contributed by atoms with van der Waals surface area (Å²) in [5, 5.41) is 13.6. The van der Waals surface area contributed by atoms with Gasteiger partial charge in [-0.1, -0.05) is 54.1 Å². The van der Waals surface area contributed by atoms with Crippen molar-refractivity contribution in [2.45, 2.75) is 25.4 Å². The maximum atomic E-state index is 9.26. The molecular formula is C17H20ClNO. The zero-order chi connectivity index (χ0) is 14.4. The Morgan fingerprint density at radius 1 is 1.00 bits per heavy atom. The Balaban J connectivity index is 2.10. The molecule has 3 heteroatoms. The first-order chi connectivity index (χ1) is 9.70. The fourth-order valence-electron chi connectivity index (χ4n) is 2.31. The predicted octanol–water partition coefficient (Wildman–Crippen LogP) is 4.11. The number of nitrogens with one attached hydrogen (secondary N) is 1. The largest absolute Gasteiger partial charge is 0.396 e. The van der Waals surface area contributed by atoms with E-state index in [0.717, 1.165) is 5.02 Å². The first kappa shape index (κ1) is 15.0. The Morgan fingerprint density at radius 2 is 1.65 bits per heavy atom. The van der Waals surface area contributed by atoms with Gasteiger partial charge in [-0.3, -0.25) is 0 Å². The molecule has 0 saturated heterocycles. The van der Waals surface area contributed by atoms with Crippen molar-refractivity contribution in [3.63, 3.8) is 0 Å². The lowest BCUT2D eigenvalue weighted by Crippen LogP contribution is -2.25. The SMILES string of the molecule is CC(N[C@H](CCO)c1ccccc1)c1ccc(Cl)cc1. The molecule has 0 aromatic heterocycles. The normalized spacial score (nSPS) is 13.9.